The van der Waals surface area contributed by atoms with Gasteiger partial charge >= 0.3 is 6.18 Å². The molecule has 0 saturated carbocycles. The Morgan fingerprint density at radius 1 is 1.31 bits per heavy atom. The third-order valence-corrected chi connectivity index (χ3v) is 4.18. The van der Waals surface area contributed by atoms with Crippen LogP contribution in [0.15, 0.2) is 16.3 Å². The van der Waals surface area contributed by atoms with Gasteiger partial charge in [-0.1, -0.05) is 0 Å². The van der Waals surface area contributed by atoms with Crippen molar-refractivity contribution < 1.29 is 21.6 Å². The average molecular weight is 230 g/mol. The van der Waals surface area contributed by atoms with Gasteiger partial charge in [0.2, 0.25) is 0 Å². The van der Waals surface area contributed by atoms with Gasteiger partial charge in [-0.05, 0) is 12.1 Å². The Labute approximate surface area is 76.9 Å². The van der Waals surface area contributed by atoms with Gasteiger partial charge in [-0.15, -0.1) is 11.3 Å². The van der Waals surface area contributed by atoms with E-state index >= 15 is 0 Å². The zero-order valence-electron chi connectivity index (χ0n) is 6.42. The fourth-order valence-electron chi connectivity index (χ4n) is 0.672. The summed E-state index contributed by atoms with van der Waals surface area (Å²) in [5.41, 5.74) is 0. The van der Waals surface area contributed by atoms with E-state index in [0.717, 1.165) is 18.4 Å². The predicted octanol–water partition coefficient (Wildman–Crippen LogP) is 2.17. The van der Waals surface area contributed by atoms with Gasteiger partial charge in [0, 0.05) is 6.26 Å². The highest BCUT2D eigenvalue weighted by Crippen LogP contribution is 2.35. The van der Waals surface area contributed by atoms with Gasteiger partial charge in [0.05, 0.1) is 0 Å². The lowest BCUT2D eigenvalue weighted by molar-refractivity contribution is -0.134. The first-order chi connectivity index (χ1) is 5.71. The number of thiophene rings is 1. The summed E-state index contributed by atoms with van der Waals surface area (Å²) in [7, 11) is -3.52. The Bertz CT molecular complexity index is 402. The maximum absolute atomic E-state index is 12.0. The van der Waals surface area contributed by atoms with Crippen molar-refractivity contribution in [1.29, 1.82) is 0 Å². The smallest absolute Gasteiger partial charge is 0.223 e. The summed E-state index contributed by atoms with van der Waals surface area (Å²) in [6.45, 7) is 0. The van der Waals surface area contributed by atoms with Gasteiger partial charge in [0.25, 0.3) is 0 Å². The fraction of sp³-hybridized carbons (Fsp3) is 0.333. The Hall–Kier alpha value is -0.560. The van der Waals surface area contributed by atoms with E-state index in [2.05, 4.69) is 0 Å². The lowest BCUT2D eigenvalue weighted by Crippen LogP contribution is -2.00. The molecule has 1 rings (SSSR count). The molecule has 0 aromatic carbocycles. The minimum Gasteiger partial charge on any atom is -0.223 e. The van der Waals surface area contributed by atoms with E-state index < -0.39 is 20.9 Å². The van der Waals surface area contributed by atoms with Crippen LogP contribution in [-0.2, 0) is 16.0 Å². The van der Waals surface area contributed by atoms with Crippen LogP contribution in [0.5, 0.6) is 0 Å². The summed E-state index contributed by atoms with van der Waals surface area (Å²) in [5, 5.41) is 0. The highest BCUT2D eigenvalue weighted by molar-refractivity contribution is 7.92. The van der Waals surface area contributed by atoms with Crippen LogP contribution >= 0.6 is 11.3 Å². The number of halogens is 3. The summed E-state index contributed by atoms with van der Waals surface area (Å²) < 4.78 is 57.4. The molecule has 7 heteroatoms. The minimum atomic E-state index is -4.46. The molecular weight excluding hydrogens is 225 g/mol. The second kappa shape index (κ2) is 2.98. The summed E-state index contributed by atoms with van der Waals surface area (Å²) in [6.07, 6.45) is -3.59. The molecule has 74 valence electrons. The van der Waals surface area contributed by atoms with Crippen LogP contribution in [-0.4, -0.2) is 14.7 Å². The fourth-order valence-corrected chi connectivity index (χ4v) is 2.47. The van der Waals surface area contributed by atoms with Crippen molar-refractivity contribution in [3.63, 3.8) is 0 Å². The van der Waals surface area contributed by atoms with Gasteiger partial charge in [-0.25, -0.2) is 8.42 Å². The Morgan fingerprint density at radius 3 is 2.08 bits per heavy atom. The minimum absolute atomic E-state index is 0.234. The van der Waals surface area contributed by atoms with Crippen molar-refractivity contribution in [1.82, 2.24) is 0 Å². The SMILES string of the molecule is CS(=O)(=O)c1ccc(C(F)(F)F)s1. The van der Waals surface area contributed by atoms with E-state index in [1.807, 2.05) is 0 Å². The molecule has 0 spiro atoms. The first-order valence-corrected chi connectivity index (χ1v) is 5.79. The lowest BCUT2D eigenvalue weighted by Gasteiger charge is -2.00. The zero-order valence-corrected chi connectivity index (χ0v) is 8.05. The quantitative estimate of drug-likeness (QED) is 0.741. The zero-order chi connectivity index (χ0) is 10.3. The molecule has 2 nitrogen and oxygen atoms in total. The first-order valence-electron chi connectivity index (χ1n) is 3.08. The standard InChI is InChI=1S/C6H5F3O2S2/c1-13(10,11)5-3-2-4(12-5)6(7,8)9/h2-3H,1H3. The molecule has 0 aliphatic heterocycles. The third-order valence-electron chi connectivity index (χ3n) is 1.23. The summed E-state index contributed by atoms with van der Waals surface area (Å²) in [4.78, 5) is -0.895. The Morgan fingerprint density at radius 2 is 1.85 bits per heavy atom. The molecule has 0 aliphatic carbocycles. The van der Waals surface area contributed by atoms with E-state index in [9.17, 15) is 21.6 Å². The first kappa shape index (κ1) is 10.5. The monoisotopic (exact) mass is 230 g/mol. The number of alkyl halides is 3. The molecule has 0 saturated heterocycles. The molecule has 1 aromatic heterocycles. The van der Waals surface area contributed by atoms with Crippen LogP contribution in [0.4, 0.5) is 13.2 Å². The molecule has 0 radical (unpaired) electrons. The molecule has 0 bridgehead atoms. The molecule has 0 fully saturated rings. The third kappa shape index (κ3) is 2.44. The topological polar surface area (TPSA) is 34.1 Å². The van der Waals surface area contributed by atoms with Crippen LogP contribution in [0, 0.1) is 0 Å². The van der Waals surface area contributed by atoms with Gasteiger partial charge in [0.1, 0.15) is 9.09 Å². The number of rotatable bonds is 1. The lowest BCUT2D eigenvalue weighted by atomic mass is 10.5. The molecule has 0 amide bonds. The van der Waals surface area contributed by atoms with Crippen molar-refractivity contribution in [2.24, 2.45) is 0 Å². The van der Waals surface area contributed by atoms with Crippen molar-refractivity contribution in [3.05, 3.63) is 17.0 Å². The second-order valence-electron chi connectivity index (χ2n) is 2.39. The van der Waals surface area contributed by atoms with Gasteiger partial charge in [-0.3, -0.25) is 0 Å². The molecule has 0 atom stereocenters. The number of hydrogen-bond acceptors (Lipinski definition) is 3. The summed E-state index contributed by atoms with van der Waals surface area (Å²) >= 11 is 0.234. The van der Waals surface area contributed by atoms with Crippen LogP contribution in [0.1, 0.15) is 4.88 Å². The molecule has 1 heterocycles. The molecule has 13 heavy (non-hydrogen) atoms. The normalized spacial score (nSPS) is 13.2. The predicted molar refractivity (Wildman–Crippen MR) is 42.4 cm³/mol. The molecule has 0 unspecified atom stereocenters. The van der Waals surface area contributed by atoms with Crippen molar-refractivity contribution in [2.75, 3.05) is 6.26 Å². The van der Waals surface area contributed by atoms with E-state index in [1.165, 1.54) is 0 Å². The molecule has 0 N–H and O–H groups in total. The number of hydrogen-bond donors (Lipinski definition) is 0. The Balaban J connectivity index is 3.16. The van der Waals surface area contributed by atoms with Crippen molar-refractivity contribution in [3.8, 4) is 0 Å². The molecule has 0 aliphatic rings. The van der Waals surface area contributed by atoms with E-state index in [-0.39, 0.29) is 15.5 Å². The van der Waals surface area contributed by atoms with Crippen LogP contribution in [0.3, 0.4) is 0 Å². The maximum atomic E-state index is 12.0. The van der Waals surface area contributed by atoms with Gasteiger partial charge < -0.3 is 0 Å². The van der Waals surface area contributed by atoms with Crippen molar-refractivity contribution >= 4 is 21.2 Å². The second-order valence-corrected chi connectivity index (χ2v) is 5.71. The van der Waals surface area contributed by atoms with E-state index in [0.29, 0.717) is 0 Å². The highest BCUT2D eigenvalue weighted by atomic mass is 32.2. The average Bonchev–Trinajstić information content (AvgIpc) is 2.28. The van der Waals surface area contributed by atoms with Crippen LogP contribution in [0.25, 0.3) is 0 Å². The van der Waals surface area contributed by atoms with Crippen LogP contribution in [0.2, 0.25) is 0 Å². The molecule has 1 aromatic rings. The summed E-state index contributed by atoms with van der Waals surface area (Å²) in [6, 6.07) is 1.73. The van der Waals surface area contributed by atoms with Gasteiger partial charge in [0.15, 0.2) is 9.84 Å². The van der Waals surface area contributed by atoms with Crippen LogP contribution < -0.4 is 0 Å². The summed E-state index contributed by atoms with van der Waals surface area (Å²) in [5.74, 6) is 0. The Kier molecular flexibility index (Phi) is 2.42. The van der Waals surface area contributed by atoms with E-state index in [1.54, 1.807) is 0 Å². The number of sulfone groups is 1. The van der Waals surface area contributed by atoms with Crippen molar-refractivity contribution in [2.45, 2.75) is 10.4 Å². The van der Waals surface area contributed by atoms with E-state index in [4.69, 9.17) is 0 Å². The van der Waals surface area contributed by atoms with Gasteiger partial charge in [-0.2, -0.15) is 13.2 Å². The largest absolute Gasteiger partial charge is 0.425 e. The highest BCUT2D eigenvalue weighted by Gasteiger charge is 2.33. The maximum Gasteiger partial charge on any atom is 0.425 e. The molecular formula is C6H5F3O2S2.